The van der Waals surface area contributed by atoms with Gasteiger partial charge in [0, 0.05) is 28.7 Å². The van der Waals surface area contributed by atoms with Gasteiger partial charge >= 0.3 is 0 Å². The fraction of sp³-hybridized carbons (Fsp3) is 0.294. The molecule has 0 radical (unpaired) electrons. The monoisotopic (exact) mass is 376 g/mol. The Morgan fingerprint density at radius 2 is 2.17 bits per heavy atom. The van der Waals surface area contributed by atoms with Gasteiger partial charge in [0.25, 0.3) is 0 Å². The van der Waals surface area contributed by atoms with Gasteiger partial charge < -0.3 is 10.6 Å². The molecule has 2 aromatic heterocycles. The summed E-state index contributed by atoms with van der Waals surface area (Å²) in [5.41, 5.74) is 8.68. The van der Waals surface area contributed by atoms with E-state index in [1.165, 1.54) is 10.4 Å². The SMILES string of the molecule is CN1CCc2c(sc3nc(SCc4ccccc4Cl)nc(N)c23)C1. The summed E-state index contributed by atoms with van der Waals surface area (Å²) in [4.78, 5) is 14.0. The number of fused-ring (bicyclic) bond motifs is 3. The Balaban J connectivity index is 1.64. The molecule has 0 unspecified atom stereocenters. The smallest absolute Gasteiger partial charge is 0.191 e. The average Bonchev–Trinajstić information content (AvgIpc) is 2.91. The Morgan fingerprint density at radius 3 is 3.00 bits per heavy atom. The fourth-order valence-electron chi connectivity index (χ4n) is 2.95. The second kappa shape index (κ2) is 6.52. The minimum atomic E-state index is 0.601. The molecule has 1 aromatic carbocycles. The number of nitrogens with two attached hydrogens (primary N) is 1. The van der Waals surface area contributed by atoms with Crippen molar-refractivity contribution in [3.8, 4) is 0 Å². The lowest BCUT2D eigenvalue weighted by molar-refractivity contribution is 0.318. The van der Waals surface area contributed by atoms with E-state index in [9.17, 15) is 0 Å². The maximum atomic E-state index is 6.26. The van der Waals surface area contributed by atoms with Crippen LogP contribution in [0.3, 0.4) is 0 Å². The first kappa shape index (κ1) is 16.1. The van der Waals surface area contributed by atoms with Crippen LogP contribution in [0.15, 0.2) is 29.4 Å². The van der Waals surface area contributed by atoms with E-state index < -0.39 is 0 Å². The number of halogens is 1. The molecule has 4 nitrogen and oxygen atoms in total. The summed E-state index contributed by atoms with van der Waals surface area (Å²) in [6, 6.07) is 7.85. The molecule has 3 heterocycles. The van der Waals surface area contributed by atoms with E-state index in [4.69, 9.17) is 22.3 Å². The quantitative estimate of drug-likeness (QED) is 0.548. The minimum Gasteiger partial charge on any atom is -0.383 e. The van der Waals surface area contributed by atoms with Crippen LogP contribution >= 0.6 is 34.7 Å². The van der Waals surface area contributed by atoms with Crippen molar-refractivity contribution >= 4 is 50.7 Å². The highest BCUT2D eigenvalue weighted by Gasteiger charge is 2.22. The van der Waals surface area contributed by atoms with Crippen molar-refractivity contribution in [3.63, 3.8) is 0 Å². The van der Waals surface area contributed by atoms with Crippen molar-refractivity contribution in [1.82, 2.24) is 14.9 Å². The lowest BCUT2D eigenvalue weighted by Crippen LogP contribution is -2.25. The first-order chi connectivity index (χ1) is 11.6. The van der Waals surface area contributed by atoms with Gasteiger partial charge in [-0.2, -0.15) is 0 Å². The highest BCUT2D eigenvalue weighted by Crippen LogP contribution is 2.37. The van der Waals surface area contributed by atoms with E-state index >= 15 is 0 Å². The number of benzene rings is 1. The Kier molecular flexibility index (Phi) is 4.39. The Morgan fingerprint density at radius 1 is 1.33 bits per heavy atom. The van der Waals surface area contributed by atoms with Crippen LogP contribution in [0, 0.1) is 0 Å². The molecule has 0 atom stereocenters. The largest absolute Gasteiger partial charge is 0.383 e. The van der Waals surface area contributed by atoms with Gasteiger partial charge in [-0.25, -0.2) is 9.97 Å². The van der Waals surface area contributed by atoms with Gasteiger partial charge in [0.05, 0.1) is 5.39 Å². The molecule has 0 aliphatic carbocycles. The third-order valence-corrected chi connectivity index (χ3v) is 6.59. The van der Waals surface area contributed by atoms with E-state index in [0.717, 1.165) is 46.1 Å². The number of nitrogen functional groups attached to an aromatic ring is 1. The lowest BCUT2D eigenvalue weighted by Gasteiger charge is -2.22. The summed E-state index contributed by atoms with van der Waals surface area (Å²) in [6.07, 6.45) is 1.02. The molecule has 3 aromatic rings. The summed E-state index contributed by atoms with van der Waals surface area (Å²) in [5.74, 6) is 1.34. The van der Waals surface area contributed by atoms with Crippen molar-refractivity contribution < 1.29 is 0 Å². The molecule has 0 bridgehead atoms. The fourth-order valence-corrected chi connectivity index (χ4v) is 5.46. The second-order valence-corrected chi connectivity index (χ2v) is 8.38. The summed E-state index contributed by atoms with van der Waals surface area (Å²) >= 11 is 9.53. The molecule has 24 heavy (non-hydrogen) atoms. The number of anilines is 1. The number of thiophene rings is 1. The van der Waals surface area contributed by atoms with Crippen molar-refractivity contribution in [2.24, 2.45) is 0 Å². The highest BCUT2D eigenvalue weighted by atomic mass is 35.5. The van der Waals surface area contributed by atoms with Crippen molar-refractivity contribution in [2.75, 3.05) is 19.3 Å². The lowest BCUT2D eigenvalue weighted by atomic mass is 10.1. The third-order valence-electron chi connectivity index (χ3n) is 4.21. The first-order valence-electron chi connectivity index (χ1n) is 7.74. The zero-order valence-corrected chi connectivity index (χ0v) is 15.6. The molecule has 0 amide bonds. The summed E-state index contributed by atoms with van der Waals surface area (Å²) < 4.78 is 0. The molecule has 1 aliphatic rings. The van der Waals surface area contributed by atoms with Crippen molar-refractivity contribution in [3.05, 3.63) is 45.3 Å². The number of likely N-dealkylation sites (N-methyl/N-ethyl adjacent to an activating group) is 1. The summed E-state index contributed by atoms with van der Waals surface area (Å²) in [5, 5.41) is 2.55. The zero-order valence-electron chi connectivity index (χ0n) is 13.3. The molecular weight excluding hydrogens is 360 g/mol. The Bertz CT molecular complexity index is 909. The molecular formula is C17H17ClN4S2. The second-order valence-electron chi connectivity index (χ2n) is 5.94. The normalized spacial score (nSPS) is 14.9. The number of hydrogen-bond donors (Lipinski definition) is 1. The van der Waals surface area contributed by atoms with E-state index in [2.05, 4.69) is 16.9 Å². The summed E-state index contributed by atoms with van der Waals surface area (Å²) in [7, 11) is 2.15. The van der Waals surface area contributed by atoms with Crippen LogP contribution in [0.25, 0.3) is 10.2 Å². The predicted octanol–water partition coefficient (Wildman–Crippen LogP) is 4.21. The van der Waals surface area contributed by atoms with Crippen molar-refractivity contribution in [1.29, 1.82) is 0 Å². The number of thioether (sulfide) groups is 1. The van der Waals surface area contributed by atoms with E-state index in [-0.39, 0.29) is 0 Å². The first-order valence-corrected chi connectivity index (χ1v) is 9.92. The van der Waals surface area contributed by atoms with Gasteiger partial charge in [-0.05, 0) is 30.7 Å². The van der Waals surface area contributed by atoms with Crippen LogP contribution in [0.4, 0.5) is 5.82 Å². The van der Waals surface area contributed by atoms with Crippen molar-refractivity contribution in [2.45, 2.75) is 23.9 Å². The van der Waals surface area contributed by atoms with Gasteiger partial charge in [-0.1, -0.05) is 41.6 Å². The van der Waals surface area contributed by atoms with Gasteiger partial charge in [0.2, 0.25) is 0 Å². The van der Waals surface area contributed by atoms with Crippen LogP contribution in [0.1, 0.15) is 16.0 Å². The number of nitrogens with zero attached hydrogens (tertiary/aromatic N) is 3. The van der Waals surface area contributed by atoms with Crippen LogP contribution in [-0.2, 0) is 18.7 Å². The molecule has 2 N–H and O–H groups in total. The average molecular weight is 377 g/mol. The van der Waals surface area contributed by atoms with Gasteiger partial charge in [0.1, 0.15) is 10.6 Å². The minimum absolute atomic E-state index is 0.601. The van der Waals surface area contributed by atoms with E-state index in [1.807, 2.05) is 24.3 Å². The molecule has 124 valence electrons. The highest BCUT2D eigenvalue weighted by molar-refractivity contribution is 7.98. The Hall–Kier alpha value is -1.34. The molecule has 1 aliphatic heterocycles. The zero-order chi connectivity index (χ0) is 16.7. The van der Waals surface area contributed by atoms with Gasteiger partial charge in [0.15, 0.2) is 5.16 Å². The van der Waals surface area contributed by atoms with Gasteiger partial charge in [-0.15, -0.1) is 11.3 Å². The van der Waals surface area contributed by atoms with Gasteiger partial charge in [-0.3, -0.25) is 0 Å². The van der Waals surface area contributed by atoms with Crippen LogP contribution in [0.5, 0.6) is 0 Å². The van der Waals surface area contributed by atoms with E-state index in [1.54, 1.807) is 23.1 Å². The standard InChI is InChI=1S/C17H17ClN4S2/c1-22-7-6-11-13(8-22)24-16-14(11)15(19)20-17(21-16)23-9-10-4-2-3-5-12(10)18/h2-5H,6-9H2,1H3,(H2,19,20,21). The third kappa shape index (κ3) is 2.99. The maximum Gasteiger partial charge on any atom is 0.191 e. The number of hydrogen-bond acceptors (Lipinski definition) is 6. The van der Waals surface area contributed by atoms with Crippen LogP contribution in [-0.4, -0.2) is 28.5 Å². The topological polar surface area (TPSA) is 55.0 Å². The predicted molar refractivity (Wildman–Crippen MR) is 103 cm³/mol. The van der Waals surface area contributed by atoms with E-state index in [0.29, 0.717) is 11.0 Å². The molecule has 4 rings (SSSR count). The molecule has 7 heteroatoms. The molecule has 0 spiro atoms. The summed E-state index contributed by atoms with van der Waals surface area (Å²) in [6.45, 7) is 2.03. The molecule has 0 fully saturated rings. The van der Waals surface area contributed by atoms with Crippen LogP contribution < -0.4 is 5.73 Å². The number of rotatable bonds is 3. The Labute approximate surface area is 154 Å². The number of aromatic nitrogens is 2. The molecule has 0 saturated heterocycles. The molecule has 0 saturated carbocycles. The van der Waals surface area contributed by atoms with Crippen LogP contribution in [0.2, 0.25) is 5.02 Å². The maximum absolute atomic E-state index is 6.26.